The van der Waals surface area contributed by atoms with E-state index in [9.17, 15) is 0 Å². The Morgan fingerprint density at radius 1 is 0.474 bits per heavy atom. The highest BCUT2D eigenvalue weighted by Crippen LogP contribution is 2.20. The van der Waals surface area contributed by atoms with E-state index in [1.807, 2.05) is 85.0 Å². The molecule has 0 amide bonds. The molecule has 0 spiro atoms. The van der Waals surface area contributed by atoms with E-state index in [0.29, 0.717) is 0 Å². The minimum absolute atomic E-state index is 0.923. The number of hydrogen-bond acceptors (Lipinski definition) is 2. The molecule has 4 nitrogen and oxygen atoms in total. The standard InChI is InChI=1S/C20H14N4.C14H10/c1-2-14-10-16-5-6-18(23-16)12-20-8-7-19(24-20)11-17-4-3-15(22-17)9-13(1)21-14;1-2-12-7-6-10-14(11-12)13-8-4-3-5-9-13/h1-12,21,24H;1,3-11H. The molecule has 5 aromatic rings. The third-order valence-electron chi connectivity index (χ3n) is 6.18. The first-order chi connectivity index (χ1) is 18.7. The van der Waals surface area contributed by atoms with E-state index in [1.165, 1.54) is 11.1 Å². The van der Waals surface area contributed by atoms with Crippen molar-refractivity contribution in [3.8, 4) is 23.5 Å². The number of terminal acetylenes is 1. The van der Waals surface area contributed by atoms with Gasteiger partial charge in [-0.3, -0.25) is 0 Å². The fourth-order valence-electron chi connectivity index (χ4n) is 4.36. The fraction of sp³-hybridized carbons (Fsp3) is 0. The van der Waals surface area contributed by atoms with E-state index in [0.717, 1.165) is 50.4 Å². The highest BCUT2D eigenvalue weighted by molar-refractivity contribution is 5.77. The van der Waals surface area contributed by atoms with Gasteiger partial charge in [-0.05, 0) is 96.1 Å². The molecule has 2 aromatic carbocycles. The van der Waals surface area contributed by atoms with Crippen LogP contribution in [0, 0.1) is 12.3 Å². The number of fused-ring (bicyclic) bond motifs is 8. The molecule has 0 unspecified atom stereocenters. The molecule has 4 heteroatoms. The third-order valence-corrected chi connectivity index (χ3v) is 6.18. The summed E-state index contributed by atoms with van der Waals surface area (Å²) in [4.78, 5) is 16.0. The molecule has 2 aliphatic rings. The van der Waals surface area contributed by atoms with Crippen LogP contribution in [0.25, 0.3) is 57.5 Å². The van der Waals surface area contributed by atoms with Crippen LogP contribution in [0.1, 0.15) is 28.3 Å². The van der Waals surface area contributed by atoms with Crippen molar-refractivity contribution in [1.82, 2.24) is 19.9 Å². The average Bonchev–Trinajstić information content (AvgIpc) is 3.76. The number of H-pyrrole nitrogens is 2. The van der Waals surface area contributed by atoms with Crippen LogP contribution in [0.2, 0.25) is 0 Å². The van der Waals surface area contributed by atoms with Crippen molar-refractivity contribution < 1.29 is 0 Å². The second-order valence-corrected chi connectivity index (χ2v) is 9.00. The zero-order valence-electron chi connectivity index (χ0n) is 20.6. The van der Waals surface area contributed by atoms with Gasteiger partial charge in [0.25, 0.3) is 0 Å². The molecule has 2 aliphatic heterocycles. The molecular weight excluding hydrogens is 464 g/mol. The van der Waals surface area contributed by atoms with Crippen molar-refractivity contribution in [1.29, 1.82) is 0 Å². The minimum atomic E-state index is 0.923. The Morgan fingerprint density at radius 3 is 1.37 bits per heavy atom. The van der Waals surface area contributed by atoms with Gasteiger partial charge in [0.2, 0.25) is 0 Å². The van der Waals surface area contributed by atoms with Gasteiger partial charge >= 0.3 is 0 Å². The highest BCUT2D eigenvalue weighted by Gasteiger charge is 2.01. The molecule has 7 rings (SSSR count). The molecule has 0 saturated carbocycles. The summed E-state index contributed by atoms with van der Waals surface area (Å²) in [6.07, 6.45) is 13.4. The first kappa shape index (κ1) is 23.0. The Bertz CT molecular complexity index is 1700. The maximum atomic E-state index is 5.35. The quantitative estimate of drug-likeness (QED) is 0.230. The maximum Gasteiger partial charge on any atom is 0.0658 e. The van der Waals surface area contributed by atoms with Crippen molar-refractivity contribution in [2.75, 3.05) is 0 Å². The highest BCUT2D eigenvalue weighted by atomic mass is 14.8. The van der Waals surface area contributed by atoms with Crippen LogP contribution >= 0.6 is 0 Å². The molecule has 38 heavy (non-hydrogen) atoms. The number of hydrogen-bond donors (Lipinski definition) is 2. The lowest BCUT2D eigenvalue weighted by Crippen LogP contribution is -1.78. The van der Waals surface area contributed by atoms with Gasteiger partial charge < -0.3 is 9.97 Å². The summed E-state index contributed by atoms with van der Waals surface area (Å²) < 4.78 is 0. The minimum Gasteiger partial charge on any atom is -0.355 e. The molecule has 3 aromatic heterocycles. The molecule has 2 N–H and O–H groups in total. The van der Waals surface area contributed by atoms with E-state index in [-0.39, 0.29) is 0 Å². The number of rotatable bonds is 1. The maximum absolute atomic E-state index is 5.35. The third kappa shape index (κ3) is 5.38. The van der Waals surface area contributed by atoms with Crippen LogP contribution in [0.3, 0.4) is 0 Å². The predicted octanol–water partition coefficient (Wildman–Crippen LogP) is 7.99. The van der Waals surface area contributed by atoms with Gasteiger partial charge in [0.05, 0.1) is 22.8 Å². The number of aromatic amines is 2. The smallest absolute Gasteiger partial charge is 0.0658 e. The summed E-state index contributed by atoms with van der Waals surface area (Å²) in [5.41, 5.74) is 11.1. The number of aromatic nitrogens is 4. The first-order valence-electron chi connectivity index (χ1n) is 12.4. The Balaban J connectivity index is 0.000000161. The molecular formula is C34H24N4. The zero-order valence-corrected chi connectivity index (χ0v) is 20.6. The van der Waals surface area contributed by atoms with E-state index >= 15 is 0 Å². The van der Waals surface area contributed by atoms with Gasteiger partial charge in [0, 0.05) is 27.6 Å². The second-order valence-electron chi connectivity index (χ2n) is 9.00. The lowest BCUT2D eigenvalue weighted by molar-refractivity contribution is 1.31. The molecule has 5 heterocycles. The van der Waals surface area contributed by atoms with Crippen molar-refractivity contribution in [3.63, 3.8) is 0 Å². The van der Waals surface area contributed by atoms with E-state index in [4.69, 9.17) is 6.42 Å². The van der Waals surface area contributed by atoms with Gasteiger partial charge in [0.15, 0.2) is 0 Å². The van der Waals surface area contributed by atoms with E-state index in [1.54, 1.807) is 0 Å². The predicted molar refractivity (Wildman–Crippen MR) is 159 cm³/mol. The van der Waals surface area contributed by atoms with Crippen LogP contribution in [-0.2, 0) is 0 Å². The van der Waals surface area contributed by atoms with Crippen molar-refractivity contribution in [2.24, 2.45) is 0 Å². The molecule has 0 atom stereocenters. The van der Waals surface area contributed by atoms with Crippen molar-refractivity contribution >= 4 is 46.4 Å². The Labute approximate surface area is 221 Å². The lowest BCUT2D eigenvalue weighted by Gasteiger charge is -2.01. The number of nitrogens with zero attached hydrogens (tertiary/aromatic N) is 2. The largest absolute Gasteiger partial charge is 0.355 e. The Morgan fingerprint density at radius 2 is 0.921 bits per heavy atom. The monoisotopic (exact) mass is 488 g/mol. The van der Waals surface area contributed by atoms with Gasteiger partial charge in [-0.15, -0.1) is 6.42 Å². The molecule has 180 valence electrons. The fourth-order valence-corrected chi connectivity index (χ4v) is 4.36. The average molecular weight is 489 g/mol. The van der Waals surface area contributed by atoms with Crippen LogP contribution in [0.5, 0.6) is 0 Å². The molecule has 0 radical (unpaired) electrons. The molecule has 0 fully saturated rings. The molecule has 0 aliphatic carbocycles. The van der Waals surface area contributed by atoms with Crippen molar-refractivity contribution in [3.05, 3.63) is 131 Å². The van der Waals surface area contributed by atoms with Crippen LogP contribution < -0.4 is 0 Å². The zero-order chi connectivity index (χ0) is 25.7. The molecule has 0 saturated heterocycles. The normalized spacial score (nSPS) is 11.4. The summed E-state index contributed by atoms with van der Waals surface area (Å²) >= 11 is 0. The Kier molecular flexibility index (Phi) is 6.24. The van der Waals surface area contributed by atoms with Gasteiger partial charge in [-0.25, -0.2) is 9.97 Å². The van der Waals surface area contributed by atoms with Crippen LogP contribution in [-0.4, -0.2) is 19.9 Å². The Hall–Kier alpha value is -5.40. The number of benzene rings is 2. The summed E-state index contributed by atoms with van der Waals surface area (Å²) in [6, 6.07) is 34.6. The SMILES string of the molecule is C#Cc1cccc(-c2ccccc2)c1.C1=Cc2cc3ccc(cc4nc(cc5ccc(cc1n2)[nH]5)C=C4)[nH]3. The summed E-state index contributed by atoms with van der Waals surface area (Å²) in [6.45, 7) is 0. The summed E-state index contributed by atoms with van der Waals surface area (Å²) in [7, 11) is 0. The molecule has 8 bridgehead atoms. The van der Waals surface area contributed by atoms with Gasteiger partial charge in [0.1, 0.15) is 0 Å². The van der Waals surface area contributed by atoms with E-state index < -0.39 is 0 Å². The van der Waals surface area contributed by atoms with Crippen LogP contribution in [0.4, 0.5) is 0 Å². The number of nitrogens with one attached hydrogen (secondary N) is 2. The summed E-state index contributed by atoms with van der Waals surface area (Å²) in [5, 5.41) is 0. The lowest BCUT2D eigenvalue weighted by atomic mass is 10.0. The van der Waals surface area contributed by atoms with Gasteiger partial charge in [-0.2, -0.15) is 0 Å². The second kappa shape index (κ2) is 10.3. The summed E-state index contributed by atoms with van der Waals surface area (Å²) in [5.74, 6) is 2.64. The van der Waals surface area contributed by atoms with Crippen molar-refractivity contribution in [2.45, 2.75) is 0 Å². The topological polar surface area (TPSA) is 57.4 Å². The van der Waals surface area contributed by atoms with Crippen LogP contribution in [0.15, 0.2) is 103 Å². The van der Waals surface area contributed by atoms with Gasteiger partial charge in [-0.1, -0.05) is 48.4 Å². The first-order valence-corrected chi connectivity index (χ1v) is 12.4. The van der Waals surface area contributed by atoms with E-state index in [2.05, 4.69) is 68.3 Å².